The van der Waals surface area contributed by atoms with Gasteiger partial charge in [0.15, 0.2) is 5.00 Å². The molecule has 0 fully saturated rings. The Balaban J connectivity index is 1.82. The molecular formula is C27H23N7O8S3. The Morgan fingerprint density at radius 1 is 0.867 bits per heavy atom. The molecule has 0 saturated carbocycles. The number of nitrogens with zero attached hydrogens (tertiary/aromatic N) is 5. The van der Waals surface area contributed by atoms with E-state index in [-0.39, 0.29) is 44.4 Å². The molecule has 45 heavy (non-hydrogen) atoms. The average molecular weight is 670 g/mol. The van der Waals surface area contributed by atoms with E-state index in [1.54, 1.807) is 25.9 Å². The molecule has 0 bridgehead atoms. The summed E-state index contributed by atoms with van der Waals surface area (Å²) in [5, 5.41) is 23.2. The van der Waals surface area contributed by atoms with E-state index in [0.29, 0.717) is 5.69 Å². The Morgan fingerprint density at radius 3 is 1.78 bits per heavy atom. The van der Waals surface area contributed by atoms with Gasteiger partial charge in [0, 0.05) is 25.2 Å². The van der Waals surface area contributed by atoms with Crippen molar-refractivity contribution in [2.75, 3.05) is 29.6 Å². The summed E-state index contributed by atoms with van der Waals surface area (Å²) in [7, 11) is -5.98. The van der Waals surface area contributed by atoms with Crippen molar-refractivity contribution in [1.82, 2.24) is 4.37 Å². The molecule has 18 heteroatoms. The molecule has 0 aliphatic carbocycles. The minimum atomic E-state index is -4.60. The number of anilines is 3. The number of amides is 2. The highest BCUT2D eigenvalue weighted by Gasteiger charge is 2.21. The SMILES string of the molecule is Cc1nsc(N=Nc2cc(NC(=O)c3cccc(S(=O)(=O)O)c3)c(N(C)C)c(NC(=O)c3cccc(S(=O)(=O)O)c3)c2)c1C#N. The first-order valence-corrected chi connectivity index (χ1v) is 16.1. The second-order valence-corrected chi connectivity index (χ2v) is 13.1. The summed E-state index contributed by atoms with van der Waals surface area (Å²) >= 11 is 0.939. The largest absolute Gasteiger partial charge is 0.374 e. The maximum atomic E-state index is 13.3. The molecule has 0 atom stereocenters. The van der Waals surface area contributed by atoms with Gasteiger partial charge in [0.1, 0.15) is 11.6 Å². The Bertz CT molecular complexity index is 2010. The molecule has 4 rings (SSSR count). The Kier molecular flexibility index (Phi) is 9.41. The third kappa shape index (κ3) is 7.72. The molecule has 0 aliphatic heterocycles. The van der Waals surface area contributed by atoms with Gasteiger partial charge in [-0.2, -0.15) is 26.5 Å². The van der Waals surface area contributed by atoms with Crippen LogP contribution >= 0.6 is 11.5 Å². The van der Waals surface area contributed by atoms with E-state index in [2.05, 4.69) is 25.2 Å². The fourth-order valence-electron chi connectivity index (χ4n) is 3.99. The topological polar surface area (TPSA) is 232 Å². The van der Waals surface area contributed by atoms with Gasteiger partial charge in [-0.3, -0.25) is 18.7 Å². The lowest BCUT2D eigenvalue weighted by molar-refractivity contribution is 0.101. The molecule has 1 heterocycles. The van der Waals surface area contributed by atoms with E-state index in [9.17, 15) is 40.8 Å². The van der Waals surface area contributed by atoms with Crippen LogP contribution in [0.15, 0.2) is 80.7 Å². The quantitative estimate of drug-likeness (QED) is 0.140. The molecule has 4 aromatic rings. The minimum Gasteiger partial charge on any atom is -0.374 e. The fourth-order valence-corrected chi connectivity index (χ4v) is 5.72. The van der Waals surface area contributed by atoms with E-state index < -0.39 is 41.8 Å². The first-order valence-electron chi connectivity index (χ1n) is 12.5. The zero-order valence-corrected chi connectivity index (χ0v) is 26.0. The predicted octanol–water partition coefficient (Wildman–Crippen LogP) is 4.80. The smallest absolute Gasteiger partial charge is 0.294 e. The molecular weight excluding hydrogens is 647 g/mol. The van der Waals surface area contributed by atoms with Crippen LogP contribution in [0.2, 0.25) is 0 Å². The van der Waals surface area contributed by atoms with Crippen LogP contribution in [-0.4, -0.2) is 56.2 Å². The zero-order valence-electron chi connectivity index (χ0n) is 23.6. The van der Waals surface area contributed by atoms with Gasteiger partial charge in [0.2, 0.25) is 0 Å². The first kappa shape index (κ1) is 32.8. The molecule has 1 aromatic heterocycles. The molecule has 4 N–H and O–H groups in total. The van der Waals surface area contributed by atoms with Crippen molar-refractivity contribution in [3.05, 3.63) is 83.0 Å². The Hall–Kier alpha value is -5.06. The number of carbonyl (C=O) groups is 2. The second-order valence-electron chi connectivity index (χ2n) is 9.46. The number of nitrogens with one attached hydrogen (secondary N) is 2. The number of hydrogen-bond donors (Lipinski definition) is 4. The van der Waals surface area contributed by atoms with Gasteiger partial charge < -0.3 is 15.5 Å². The van der Waals surface area contributed by atoms with Crippen molar-refractivity contribution >= 4 is 71.3 Å². The van der Waals surface area contributed by atoms with Crippen LogP contribution in [0.4, 0.5) is 27.8 Å². The summed E-state index contributed by atoms with van der Waals surface area (Å²) in [6.45, 7) is 1.63. The molecule has 0 spiro atoms. The lowest BCUT2D eigenvalue weighted by Gasteiger charge is -2.23. The average Bonchev–Trinajstić information content (AvgIpc) is 3.33. The highest BCUT2D eigenvalue weighted by atomic mass is 32.2. The summed E-state index contributed by atoms with van der Waals surface area (Å²) in [6, 6.07) is 14.2. The minimum absolute atomic E-state index is 0.0849. The third-order valence-electron chi connectivity index (χ3n) is 6.04. The standard InChI is InChI=1S/C27H23N7O8S3/c1-15-21(14-28)27(43-33-15)32-31-18-12-22(29-25(35)16-6-4-8-19(10-16)44(37,38)39)24(34(2)3)23(13-18)30-26(36)17-7-5-9-20(11-17)45(40,41)42/h4-13H,1-3H3,(H,29,35)(H,30,36)(H,37,38,39)(H,40,41,42). The van der Waals surface area contributed by atoms with Crippen molar-refractivity contribution in [3.63, 3.8) is 0 Å². The molecule has 0 radical (unpaired) electrons. The van der Waals surface area contributed by atoms with Crippen molar-refractivity contribution in [2.45, 2.75) is 16.7 Å². The van der Waals surface area contributed by atoms with Gasteiger partial charge in [-0.05, 0) is 67.0 Å². The summed E-state index contributed by atoms with van der Waals surface area (Å²) in [5.74, 6) is -1.55. The number of aryl methyl sites for hydroxylation is 1. The van der Waals surface area contributed by atoms with Crippen molar-refractivity contribution in [2.24, 2.45) is 10.2 Å². The predicted molar refractivity (Wildman–Crippen MR) is 165 cm³/mol. The van der Waals surface area contributed by atoms with Gasteiger partial charge >= 0.3 is 0 Å². The van der Waals surface area contributed by atoms with Gasteiger partial charge in [0.25, 0.3) is 32.1 Å². The number of aromatic nitrogens is 1. The number of azo groups is 1. The number of hydrogen-bond acceptors (Lipinski definition) is 12. The zero-order chi connectivity index (χ0) is 33.1. The highest BCUT2D eigenvalue weighted by molar-refractivity contribution is 7.86. The van der Waals surface area contributed by atoms with Crippen LogP contribution in [0.5, 0.6) is 0 Å². The molecule has 2 amide bonds. The summed E-state index contributed by atoms with van der Waals surface area (Å²) < 4.78 is 69.4. The molecule has 232 valence electrons. The van der Waals surface area contributed by atoms with Crippen LogP contribution in [-0.2, 0) is 20.2 Å². The molecule has 0 saturated heterocycles. The van der Waals surface area contributed by atoms with E-state index in [1.165, 1.54) is 36.4 Å². The summed E-state index contributed by atoms with van der Waals surface area (Å²) in [6.07, 6.45) is 0. The summed E-state index contributed by atoms with van der Waals surface area (Å²) in [4.78, 5) is 27.1. The molecule has 3 aromatic carbocycles. The maximum absolute atomic E-state index is 13.3. The molecule has 0 aliphatic rings. The number of benzene rings is 3. The highest BCUT2D eigenvalue weighted by Crippen LogP contribution is 2.39. The van der Waals surface area contributed by atoms with Crippen molar-refractivity contribution in [1.29, 1.82) is 5.26 Å². The first-order chi connectivity index (χ1) is 21.1. The summed E-state index contributed by atoms with van der Waals surface area (Å²) in [5.41, 5.74) is 0.955. The lowest BCUT2D eigenvalue weighted by atomic mass is 10.1. The van der Waals surface area contributed by atoms with Crippen LogP contribution in [0.1, 0.15) is 32.0 Å². The Morgan fingerprint density at radius 2 is 1.36 bits per heavy atom. The van der Waals surface area contributed by atoms with Crippen LogP contribution in [0.3, 0.4) is 0 Å². The fraction of sp³-hybridized carbons (Fsp3) is 0.111. The third-order valence-corrected chi connectivity index (χ3v) is 8.56. The van der Waals surface area contributed by atoms with E-state index in [1.807, 2.05) is 6.07 Å². The van der Waals surface area contributed by atoms with Crippen LogP contribution in [0.25, 0.3) is 0 Å². The van der Waals surface area contributed by atoms with Gasteiger partial charge in [-0.1, -0.05) is 12.1 Å². The Labute approximate surface area is 261 Å². The monoisotopic (exact) mass is 669 g/mol. The number of carbonyl (C=O) groups excluding carboxylic acids is 2. The normalized spacial score (nSPS) is 11.6. The van der Waals surface area contributed by atoms with Gasteiger partial charge in [-0.15, -0.1) is 10.2 Å². The van der Waals surface area contributed by atoms with Crippen molar-refractivity contribution < 1.29 is 35.5 Å². The van der Waals surface area contributed by atoms with E-state index in [0.717, 1.165) is 35.8 Å². The molecule has 0 unspecified atom stereocenters. The maximum Gasteiger partial charge on any atom is 0.294 e. The molecule has 15 nitrogen and oxygen atoms in total. The van der Waals surface area contributed by atoms with Crippen LogP contribution in [0, 0.1) is 18.3 Å². The van der Waals surface area contributed by atoms with Gasteiger partial charge in [0.05, 0.1) is 38.2 Å². The van der Waals surface area contributed by atoms with E-state index >= 15 is 0 Å². The second kappa shape index (κ2) is 12.9. The number of rotatable bonds is 9. The van der Waals surface area contributed by atoms with Gasteiger partial charge in [-0.25, -0.2) is 0 Å². The van der Waals surface area contributed by atoms with E-state index in [4.69, 9.17) is 0 Å². The van der Waals surface area contributed by atoms with Crippen molar-refractivity contribution in [3.8, 4) is 6.07 Å². The van der Waals surface area contributed by atoms with Crippen LogP contribution < -0.4 is 15.5 Å². The lowest BCUT2D eigenvalue weighted by Crippen LogP contribution is -2.20. The number of nitriles is 1.